The minimum absolute atomic E-state index is 0.0442. The number of aliphatic hydroxyl groups excluding tert-OH is 1. The van der Waals surface area contributed by atoms with Crippen LogP contribution in [0.1, 0.15) is 114 Å². The molecule has 0 aliphatic heterocycles. The number of hydrogen-bond acceptors (Lipinski definition) is 8. The van der Waals surface area contributed by atoms with Crippen LogP contribution in [0, 0.1) is 56.7 Å². The fourth-order valence-corrected chi connectivity index (χ4v) is 12.3. The second-order valence-electron chi connectivity index (χ2n) is 17.0. The van der Waals surface area contributed by atoms with E-state index in [1.807, 2.05) is 6.92 Å². The highest BCUT2D eigenvalue weighted by atomic mass is 16.6. The van der Waals surface area contributed by atoms with E-state index in [0.29, 0.717) is 18.3 Å². The van der Waals surface area contributed by atoms with E-state index in [9.17, 15) is 24.3 Å². The summed E-state index contributed by atoms with van der Waals surface area (Å²) in [6.07, 6.45) is 7.88. The highest BCUT2D eigenvalue weighted by Crippen LogP contribution is 2.76. The largest absolute Gasteiger partial charge is 0.465 e. The third-order valence-electron chi connectivity index (χ3n) is 14.7. The van der Waals surface area contributed by atoms with Gasteiger partial charge in [-0.05, 0) is 97.2 Å². The van der Waals surface area contributed by atoms with Crippen LogP contribution in [0.15, 0.2) is 11.6 Å². The van der Waals surface area contributed by atoms with Crippen molar-refractivity contribution in [2.45, 2.75) is 126 Å². The third-order valence-corrected chi connectivity index (χ3v) is 14.7. The van der Waals surface area contributed by atoms with E-state index in [0.717, 1.165) is 44.9 Å². The molecule has 0 bridgehead atoms. The van der Waals surface area contributed by atoms with E-state index in [-0.39, 0.29) is 59.7 Å². The Morgan fingerprint density at radius 1 is 0.894 bits per heavy atom. The van der Waals surface area contributed by atoms with Crippen molar-refractivity contribution in [1.82, 2.24) is 5.32 Å². The number of carbonyl (C=O) groups excluding carboxylic acids is 4. The zero-order chi connectivity index (χ0) is 34.7. The van der Waals surface area contributed by atoms with E-state index in [2.05, 4.69) is 46.0 Å². The number of amides is 1. The van der Waals surface area contributed by atoms with Crippen molar-refractivity contribution in [3.63, 3.8) is 0 Å². The molecule has 5 aliphatic carbocycles. The molecule has 0 saturated heterocycles. The lowest BCUT2D eigenvalue weighted by Crippen LogP contribution is -2.69. The molecule has 4 fully saturated rings. The number of nitrogens with one attached hydrogen (secondary N) is 1. The first-order valence-corrected chi connectivity index (χ1v) is 18.0. The molecule has 0 spiro atoms. The number of hydrogen-bond donors (Lipinski definition) is 2. The van der Waals surface area contributed by atoms with E-state index in [1.54, 1.807) is 0 Å². The van der Waals surface area contributed by atoms with Crippen LogP contribution in [0.5, 0.6) is 0 Å². The highest BCUT2D eigenvalue weighted by molar-refractivity contribution is 5.84. The van der Waals surface area contributed by atoms with Gasteiger partial charge in [0.1, 0.15) is 18.8 Å². The summed E-state index contributed by atoms with van der Waals surface area (Å²) in [4.78, 5) is 51.1. The van der Waals surface area contributed by atoms with Crippen LogP contribution < -0.4 is 5.32 Å². The van der Waals surface area contributed by atoms with Gasteiger partial charge in [0.25, 0.3) is 0 Å². The highest BCUT2D eigenvalue weighted by Gasteiger charge is 2.72. The average molecular weight is 658 g/mol. The van der Waals surface area contributed by atoms with Gasteiger partial charge in [0, 0.05) is 32.7 Å². The zero-order valence-corrected chi connectivity index (χ0v) is 30.2. The van der Waals surface area contributed by atoms with Crippen molar-refractivity contribution >= 4 is 23.8 Å². The lowest BCUT2D eigenvalue weighted by molar-refractivity contribution is -0.255. The summed E-state index contributed by atoms with van der Waals surface area (Å²) in [5.41, 5.74) is -0.360. The van der Waals surface area contributed by atoms with Crippen molar-refractivity contribution in [2.24, 2.45) is 56.7 Å². The quantitative estimate of drug-likeness (QED) is 0.201. The van der Waals surface area contributed by atoms with Gasteiger partial charge in [-0.25, -0.2) is 0 Å². The molecule has 0 unspecified atom stereocenters. The number of aliphatic hydroxyl groups is 1. The average Bonchev–Trinajstić information content (AvgIpc) is 2.98. The summed E-state index contributed by atoms with van der Waals surface area (Å²) in [5.74, 6) is 0.0732. The summed E-state index contributed by atoms with van der Waals surface area (Å²) in [5, 5.41) is 12.6. The van der Waals surface area contributed by atoms with Gasteiger partial charge in [-0.1, -0.05) is 53.2 Å². The molecular formula is C38H59NO8. The Morgan fingerprint density at radius 3 is 2.19 bits per heavy atom. The van der Waals surface area contributed by atoms with Gasteiger partial charge in [0.05, 0.1) is 12.0 Å². The molecule has 264 valence electrons. The van der Waals surface area contributed by atoms with Gasteiger partial charge in [0.15, 0.2) is 0 Å². The van der Waals surface area contributed by atoms with E-state index in [1.165, 1.54) is 26.3 Å². The topological polar surface area (TPSA) is 128 Å². The van der Waals surface area contributed by atoms with Crippen LogP contribution >= 0.6 is 0 Å². The third kappa shape index (κ3) is 5.45. The van der Waals surface area contributed by atoms with Crippen LogP contribution in [0.3, 0.4) is 0 Å². The Kier molecular flexibility index (Phi) is 9.52. The predicted octanol–water partition coefficient (Wildman–Crippen LogP) is 5.77. The van der Waals surface area contributed by atoms with E-state index < -0.39 is 40.9 Å². The second kappa shape index (κ2) is 12.5. The Hall–Kier alpha value is -2.42. The van der Waals surface area contributed by atoms with Crippen LogP contribution in [0.2, 0.25) is 0 Å². The van der Waals surface area contributed by atoms with Crippen LogP contribution in [-0.4, -0.2) is 60.9 Å². The second-order valence-corrected chi connectivity index (χ2v) is 17.0. The monoisotopic (exact) mass is 657 g/mol. The van der Waals surface area contributed by atoms with E-state index in [4.69, 9.17) is 14.2 Å². The molecule has 0 aromatic carbocycles. The Labute approximate surface area is 281 Å². The first-order chi connectivity index (χ1) is 21.9. The van der Waals surface area contributed by atoms with Crippen molar-refractivity contribution in [1.29, 1.82) is 0 Å². The number of fused-ring (bicyclic) bond motifs is 7. The van der Waals surface area contributed by atoms with Gasteiger partial charge in [-0.2, -0.15) is 0 Å². The first kappa shape index (κ1) is 35.9. The summed E-state index contributed by atoms with van der Waals surface area (Å²) >= 11 is 0. The molecule has 0 aromatic heterocycles. The lowest BCUT2D eigenvalue weighted by Gasteiger charge is -2.72. The lowest BCUT2D eigenvalue weighted by atomic mass is 9.33. The molecule has 4 saturated carbocycles. The smallest absolute Gasteiger partial charge is 0.303 e. The molecule has 5 rings (SSSR count). The summed E-state index contributed by atoms with van der Waals surface area (Å²) in [6, 6.07) is 0. The SMILES string of the molecule is CC(=O)OC[C@@]1(C)[C@@H]2CC[C@]3(C)[C@H](CC=C4[C@@H]5[C@@H](C)[C@H](C)CC[C@]5(C(=O)NCCO)CC[C@]43C)[C@@]2(C)C[C@@H](OC(C)=O)[C@@H]1OC(C)=O. The minimum atomic E-state index is -0.767. The van der Waals surface area contributed by atoms with Crippen LogP contribution in [0.4, 0.5) is 0 Å². The molecule has 0 aromatic rings. The first-order valence-electron chi connectivity index (χ1n) is 18.0. The van der Waals surface area contributed by atoms with Crippen molar-refractivity contribution in [3.8, 4) is 0 Å². The fourth-order valence-electron chi connectivity index (χ4n) is 12.3. The molecule has 2 N–H and O–H groups in total. The molecule has 0 heterocycles. The molecular weight excluding hydrogens is 598 g/mol. The van der Waals surface area contributed by atoms with Crippen LogP contribution in [-0.2, 0) is 33.4 Å². The van der Waals surface area contributed by atoms with Gasteiger partial charge in [-0.15, -0.1) is 0 Å². The van der Waals surface area contributed by atoms with Crippen molar-refractivity contribution in [2.75, 3.05) is 19.8 Å². The Bertz CT molecular complexity index is 1310. The normalized spacial score (nSPS) is 45.5. The molecule has 9 heteroatoms. The maximum Gasteiger partial charge on any atom is 0.303 e. The minimum Gasteiger partial charge on any atom is -0.465 e. The molecule has 1 amide bonds. The molecule has 47 heavy (non-hydrogen) atoms. The maximum absolute atomic E-state index is 14.0. The van der Waals surface area contributed by atoms with Crippen molar-refractivity contribution < 1.29 is 38.5 Å². The fraction of sp³-hybridized carbons (Fsp3) is 0.842. The van der Waals surface area contributed by atoms with Gasteiger partial charge >= 0.3 is 17.9 Å². The zero-order valence-electron chi connectivity index (χ0n) is 30.2. The number of ether oxygens (including phenoxy) is 3. The number of allylic oxidation sites excluding steroid dienone is 2. The van der Waals surface area contributed by atoms with Crippen LogP contribution in [0.25, 0.3) is 0 Å². The van der Waals surface area contributed by atoms with Gasteiger partial charge in [0.2, 0.25) is 5.91 Å². The number of rotatable bonds is 7. The van der Waals surface area contributed by atoms with Gasteiger partial charge in [-0.3, -0.25) is 19.2 Å². The predicted molar refractivity (Wildman–Crippen MR) is 177 cm³/mol. The summed E-state index contributed by atoms with van der Waals surface area (Å²) < 4.78 is 17.7. The molecule has 9 nitrogen and oxygen atoms in total. The van der Waals surface area contributed by atoms with E-state index >= 15 is 0 Å². The van der Waals surface area contributed by atoms with Crippen molar-refractivity contribution in [3.05, 3.63) is 11.6 Å². The summed E-state index contributed by atoms with van der Waals surface area (Å²) in [6.45, 7) is 18.4. The molecule has 5 aliphatic rings. The standard InChI is InChI=1S/C38H59NO8/c1-22-12-15-38(33(44)39-18-19-40)17-16-36(8)27(31(38)23(22)2)10-11-30-34(6)20-28(46-25(4)42)32(47-26(5)43)35(7,21-45-24(3)41)29(34)13-14-37(30,36)9/h10,22-23,28-32,40H,11-21H2,1-9H3,(H,39,44)/t22-,23+,28-,29-,30-,31+,32+,34+,35+,36-,37-,38+/m1/s1. The maximum atomic E-state index is 14.0. The molecule has 12 atom stereocenters. The number of carbonyl (C=O) groups is 4. The summed E-state index contributed by atoms with van der Waals surface area (Å²) in [7, 11) is 0. The Balaban J connectivity index is 1.61. The Morgan fingerprint density at radius 2 is 1.57 bits per heavy atom. The number of esters is 3. The molecule has 0 radical (unpaired) electrons. The van der Waals surface area contributed by atoms with Gasteiger partial charge < -0.3 is 24.6 Å².